The van der Waals surface area contributed by atoms with Gasteiger partial charge in [0.2, 0.25) is 0 Å². The molecule has 1 heterocycles. The fourth-order valence-electron chi connectivity index (χ4n) is 2.31. The Labute approximate surface area is 108 Å². The van der Waals surface area contributed by atoms with E-state index in [2.05, 4.69) is 31.2 Å². The lowest BCUT2D eigenvalue weighted by molar-refractivity contribution is 0.0520. The number of hydrogen-bond acceptors (Lipinski definition) is 3. The number of rotatable bonds is 4. The van der Waals surface area contributed by atoms with Gasteiger partial charge in [0.1, 0.15) is 0 Å². The molecule has 0 saturated carbocycles. The Morgan fingerprint density at radius 1 is 1.53 bits per heavy atom. The highest BCUT2D eigenvalue weighted by atomic mass is 32.2. The van der Waals surface area contributed by atoms with Crippen molar-refractivity contribution >= 4 is 11.8 Å². The molecule has 3 heteroatoms. The van der Waals surface area contributed by atoms with Crippen molar-refractivity contribution in [2.45, 2.75) is 42.9 Å². The van der Waals surface area contributed by atoms with Crippen LogP contribution in [0.15, 0.2) is 29.2 Å². The molecule has 0 amide bonds. The number of aliphatic hydroxyl groups excluding tert-OH is 1. The lowest BCUT2D eigenvalue weighted by Crippen LogP contribution is -2.39. The lowest BCUT2D eigenvalue weighted by Gasteiger charge is -2.33. The van der Waals surface area contributed by atoms with Gasteiger partial charge in [-0.25, -0.2) is 0 Å². The summed E-state index contributed by atoms with van der Waals surface area (Å²) in [6.07, 6.45) is 1.72. The van der Waals surface area contributed by atoms with E-state index in [-0.39, 0.29) is 11.5 Å². The van der Waals surface area contributed by atoms with Gasteiger partial charge in [0.05, 0.1) is 6.10 Å². The van der Waals surface area contributed by atoms with Crippen LogP contribution in [0.2, 0.25) is 0 Å². The summed E-state index contributed by atoms with van der Waals surface area (Å²) in [4.78, 5) is 1.39. The third-order valence-electron chi connectivity index (χ3n) is 3.88. The maximum Gasteiger partial charge on any atom is 0.0578 e. The molecule has 17 heavy (non-hydrogen) atoms. The highest BCUT2D eigenvalue weighted by molar-refractivity contribution is 8.00. The van der Waals surface area contributed by atoms with Gasteiger partial charge in [-0.3, -0.25) is 0 Å². The Morgan fingerprint density at radius 3 is 2.82 bits per heavy atom. The summed E-state index contributed by atoms with van der Waals surface area (Å²) in [6.45, 7) is 4.47. The van der Waals surface area contributed by atoms with Crippen molar-refractivity contribution in [3.8, 4) is 0 Å². The van der Waals surface area contributed by atoms with Gasteiger partial charge >= 0.3 is 0 Å². The lowest BCUT2D eigenvalue weighted by atomic mass is 9.80. The zero-order valence-corrected chi connectivity index (χ0v) is 11.3. The Morgan fingerprint density at radius 2 is 2.24 bits per heavy atom. The second kappa shape index (κ2) is 5.01. The third kappa shape index (κ3) is 2.67. The van der Waals surface area contributed by atoms with Crippen molar-refractivity contribution in [3.05, 3.63) is 29.8 Å². The first-order valence-electron chi connectivity index (χ1n) is 6.18. The van der Waals surface area contributed by atoms with E-state index in [1.807, 2.05) is 18.7 Å². The van der Waals surface area contributed by atoms with Crippen LogP contribution in [-0.4, -0.2) is 23.0 Å². The van der Waals surface area contributed by atoms with Gasteiger partial charge in [0, 0.05) is 22.1 Å². The van der Waals surface area contributed by atoms with Crippen LogP contribution in [0.1, 0.15) is 25.8 Å². The minimum Gasteiger partial charge on any atom is -0.393 e. The van der Waals surface area contributed by atoms with E-state index in [1.54, 1.807) is 0 Å². The van der Waals surface area contributed by atoms with Gasteiger partial charge in [-0.2, -0.15) is 0 Å². The Balaban J connectivity index is 2.04. The fraction of sp³-hybridized carbons (Fsp3) is 0.571. The first-order valence-corrected chi connectivity index (χ1v) is 7.06. The van der Waals surface area contributed by atoms with Gasteiger partial charge in [0.25, 0.3) is 0 Å². The summed E-state index contributed by atoms with van der Waals surface area (Å²) >= 11 is 1.93. The van der Waals surface area contributed by atoms with Gasteiger partial charge in [-0.05, 0) is 31.4 Å². The van der Waals surface area contributed by atoms with Crippen LogP contribution >= 0.6 is 11.8 Å². The number of thioether (sulfide) groups is 1. The minimum atomic E-state index is -0.350. The molecule has 0 saturated heterocycles. The van der Waals surface area contributed by atoms with Crippen molar-refractivity contribution in [2.75, 3.05) is 6.54 Å². The molecular formula is C14H21NOS. The molecule has 0 aliphatic carbocycles. The van der Waals surface area contributed by atoms with E-state index in [0.29, 0.717) is 11.8 Å². The monoisotopic (exact) mass is 251 g/mol. The minimum absolute atomic E-state index is 0.167. The maximum absolute atomic E-state index is 9.86. The van der Waals surface area contributed by atoms with Crippen LogP contribution in [0.3, 0.4) is 0 Å². The Hall–Kier alpha value is -0.510. The molecule has 1 aromatic carbocycles. The molecule has 2 rings (SSSR count). The predicted octanol–water partition coefficient (Wildman–Crippen LogP) is 2.44. The molecule has 0 bridgehead atoms. The van der Waals surface area contributed by atoms with E-state index in [9.17, 15) is 5.11 Å². The summed E-state index contributed by atoms with van der Waals surface area (Å²) < 4.78 is 0. The van der Waals surface area contributed by atoms with E-state index >= 15 is 0 Å². The van der Waals surface area contributed by atoms with Crippen LogP contribution in [0, 0.1) is 5.41 Å². The van der Waals surface area contributed by atoms with Crippen molar-refractivity contribution < 1.29 is 5.11 Å². The summed E-state index contributed by atoms with van der Waals surface area (Å²) in [5, 5.41) is 10.4. The quantitative estimate of drug-likeness (QED) is 0.864. The van der Waals surface area contributed by atoms with Gasteiger partial charge in [-0.15, -0.1) is 11.8 Å². The summed E-state index contributed by atoms with van der Waals surface area (Å²) in [5.74, 6) is 0. The van der Waals surface area contributed by atoms with Crippen LogP contribution in [0.5, 0.6) is 0 Å². The second-order valence-electron chi connectivity index (χ2n) is 5.29. The smallest absolute Gasteiger partial charge is 0.0578 e. The topological polar surface area (TPSA) is 46.2 Å². The Bertz CT molecular complexity index is 369. The second-order valence-corrected chi connectivity index (χ2v) is 6.63. The van der Waals surface area contributed by atoms with E-state index in [4.69, 9.17) is 5.73 Å². The summed E-state index contributed by atoms with van der Waals surface area (Å²) in [7, 11) is 0. The maximum atomic E-state index is 9.86. The molecule has 3 N–H and O–H groups in total. The summed E-state index contributed by atoms with van der Waals surface area (Å²) in [6, 6.07) is 8.57. The zero-order chi connectivity index (χ0) is 12.5. The highest BCUT2D eigenvalue weighted by Crippen LogP contribution is 2.42. The molecule has 1 aliphatic heterocycles. The first kappa shape index (κ1) is 12.9. The number of benzene rings is 1. The number of nitrogens with two attached hydrogens (primary N) is 1. The van der Waals surface area contributed by atoms with Crippen LogP contribution in [0.4, 0.5) is 0 Å². The molecule has 3 unspecified atom stereocenters. The molecule has 1 aromatic rings. The zero-order valence-electron chi connectivity index (χ0n) is 10.5. The molecule has 3 atom stereocenters. The van der Waals surface area contributed by atoms with Crippen LogP contribution < -0.4 is 5.73 Å². The molecule has 0 aromatic heterocycles. The molecular weight excluding hydrogens is 230 g/mol. The molecule has 0 fully saturated rings. The SMILES string of the molecule is CC(O)C(C)(CN)CC1Cc2ccccc2S1. The number of fused-ring (bicyclic) bond motifs is 1. The molecule has 94 valence electrons. The number of aliphatic hydroxyl groups is 1. The van der Waals surface area contributed by atoms with Crippen LogP contribution in [0.25, 0.3) is 0 Å². The Kier molecular flexibility index (Phi) is 3.81. The molecule has 0 radical (unpaired) electrons. The molecule has 2 nitrogen and oxygen atoms in total. The average Bonchev–Trinajstić information content (AvgIpc) is 2.70. The largest absolute Gasteiger partial charge is 0.393 e. The normalized spacial score (nSPS) is 24.1. The average molecular weight is 251 g/mol. The molecule has 0 spiro atoms. The van der Waals surface area contributed by atoms with Crippen molar-refractivity contribution in [3.63, 3.8) is 0 Å². The van der Waals surface area contributed by atoms with Crippen molar-refractivity contribution in [2.24, 2.45) is 11.1 Å². The van der Waals surface area contributed by atoms with Gasteiger partial charge < -0.3 is 10.8 Å². The molecule has 1 aliphatic rings. The van der Waals surface area contributed by atoms with Crippen molar-refractivity contribution in [1.82, 2.24) is 0 Å². The predicted molar refractivity (Wildman–Crippen MR) is 73.3 cm³/mol. The highest BCUT2D eigenvalue weighted by Gasteiger charge is 2.34. The standard InChI is InChI=1S/C14H21NOS/c1-10(16)14(2,9-15)8-12-7-11-5-3-4-6-13(11)17-12/h3-6,10,12,16H,7-9,15H2,1-2H3. The van der Waals surface area contributed by atoms with Gasteiger partial charge in [0.15, 0.2) is 0 Å². The van der Waals surface area contributed by atoms with Crippen molar-refractivity contribution in [1.29, 1.82) is 0 Å². The van der Waals surface area contributed by atoms with E-state index in [0.717, 1.165) is 12.8 Å². The van der Waals surface area contributed by atoms with Gasteiger partial charge in [-0.1, -0.05) is 25.1 Å². The third-order valence-corrected chi connectivity index (χ3v) is 5.20. The summed E-state index contributed by atoms with van der Waals surface area (Å²) in [5.41, 5.74) is 7.09. The van der Waals surface area contributed by atoms with E-state index in [1.165, 1.54) is 10.5 Å². The van der Waals surface area contributed by atoms with E-state index < -0.39 is 0 Å². The first-order chi connectivity index (χ1) is 8.05. The number of hydrogen-bond donors (Lipinski definition) is 2. The van der Waals surface area contributed by atoms with Crippen LogP contribution in [-0.2, 0) is 6.42 Å². The fourth-order valence-corrected chi connectivity index (χ4v) is 3.86.